The Morgan fingerprint density at radius 1 is 1.55 bits per heavy atom. The van der Waals surface area contributed by atoms with Gasteiger partial charge in [-0.25, -0.2) is 4.85 Å². The molecule has 11 heavy (non-hydrogen) atoms. The summed E-state index contributed by atoms with van der Waals surface area (Å²) >= 11 is 6.52. The molecule has 0 amide bonds. The number of rotatable bonds is 0. The minimum Gasteiger partial charge on any atom is -0.257 e. The average Bonchev–Trinajstić information content (AvgIpc) is 1.97. The minimum absolute atomic E-state index is 0.583. The fraction of sp³-hybridized carbons (Fsp3) is 0.143. The standard InChI is InChI=1S/C7H4Br2N2/c1-4-6(10-2)3-5(8)7(9)11-4/h3H,1H3. The Balaban J connectivity index is 3.35. The molecule has 0 aromatic carbocycles. The number of nitrogens with zero attached hydrogens (tertiary/aromatic N) is 2. The van der Waals surface area contributed by atoms with Crippen LogP contribution >= 0.6 is 31.9 Å². The van der Waals surface area contributed by atoms with Gasteiger partial charge in [0.15, 0.2) is 0 Å². The van der Waals surface area contributed by atoms with Gasteiger partial charge in [0.2, 0.25) is 5.69 Å². The minimum atomic E-state index is 0.583. The normalized spacial score (nSPS) is 9.27. The van der Waals surface area contributed by atoms with Crippen LogP contribution in [0.5, 0.6) is 0 Å². The highest BCUT2D eigenvalue weighted by Crippen LogP contribution is 2.27. The predicted octanol–water partition coefficient (Wildman–Crippen LogP) is 3.47. The summed E-state index contributed by atoms with van der Waals surface area (Å²) in [7, 11) is 0. The average molecular weight is 276 g/mol. The molecule has 0 unspecified atom stereocenters. The molecular formula is C7H4Br2N2. The van der Waals surface area contributed by atoms with Crippen molar-refractivity contribution in [2.45, 2.75) is 6.92 Å². The van der Waals surface area contributed by atoms with Gasteiger partial charge in [-0.2, -0.15) is 0 Å². The highest BCUT2D eigenvalue weighted by Gasteiger charge is 2.03. The molecule has 0 atom stereocenters. The largest absolute Gasteiger partial charge is 0.257 e. The maximum absolute atomic E-state index is 6.80. The lowest BCUT2D eigenvalue weighted by molar-refractivity contribution is 1.16. The summed E-state index contributed by atoms with van der Waals surface area (Å²) in [5, 5.41) is 0. The number of halogens is 2. The molecule has 0 saturated carbocycles. The second kappa shape index (κ2) is 3.33. The van der Waals surface area contributed by atoms with E-state index in [4.69, 9.17) is 6.57 Å². The van der Waals surface area contributed by atoms with Gasteiger partial charge in [0, 0.05) is 10.2 Å². The molecule has 0 bridgehead atoms. The van der Waals surface area contributed by atoms with Crippen LogP contribution < -0.4 is 0 Å². The molecule has 56 valence electrons. The van der Waals surface area contributed by atoms with Crippen molar-refractivity contribution < 1.29 is 0 Å². The van der Waals surface area contributed by atoms with Crippen LogP contribution in [0, 0.1) is 13.5 Å². The number of hydrogen-bond acceptors (Lipinski definition) is 1. The summed E-state index contributed by atoms with van der Waals surface area (Å²) in [6.45, 7) is 8.61. The molecule has 4 heteroatoms. The maximum Gasteiger partial charge on any atom is 0.209 e. The van der Waals surface area contributed by atoms with Gasteiger partial charge in [0.25, 0.3) is 0 Å². The van der Waals surface area contributed by atoms with E-state index in [-0.39, 0.29) is 0 Å². The number of pyridine rings is 1. The van der Waals surface area contributed by atoms with E-state index in [2.05, 4.69) is 41.7 Å². The van der Waals surface area contributed by atoms with E-state index >= 15 is 0 Å². The third-order valence-electron chi connectivity index (χ3n) is 1.22. The van der Waals surface area contributed by atoms with E-state index in [0.717, 1.165) is 14.8 Å². The van der Waals surface area contributed by atoms with Crippen LogP contribution in [0.25, 0.3) is 4.85 Å². The van der Waals surface area contributed by atoms with Crippen LogP contribution in [0.4, 0.5) is 5.69 Å². The van der Waals surface area contributed by atoms with Crippen molar-refractivity contribution >= 4 is 37.5 Å². The van der Waals surface area contributed by atoms with Gasteiger partial charge >= 0.3 is 0 Å². The molecule has 0 radical (unpaired) electrons. The SMILES string of the molecule is [C-]#[N+]c1cc(Br)c(Br)nc1C. The Bertz CT molecular complexity index is 328. The molecule has 0 spiro atoms. The highest BCUT2D eigenvalue weighted by molar-refractivity contribution is 9.13. The van der Waals surface area contributed by atoms with Crippen molar-refractivity contribution in [3.8, 4) is 0 Å². The first-order valence-corrected chi connectivity index (χ1v) is 4.44. The predicted molar refractivity (Wildman–Crippen MR) is 50.6 cm³/mol. The van der Waals surface area contributed by atoms with Gasteiger partial charge < -0.3 is 0 Å². The Labute approximate surface area is 81.7 Å². The van der Waals surface area contributed by atoms with Crippen LogP contribution in [0.2, 0.25) is 0 Å². The zero-order valence-electron chi connectivity index (χ0n) is 5.73. The molecule has 0 N–H and O–H groups in total. The smallest absolute Gasteiger partial charge is 0.209 e. The number of hydrogen-bond donors (Lipinski definition) is 0. The Morgan fingerprint density at radius 3 is 2.73 bits per heavy atom. The second-order valence-corrected chi connectivity index (χ2v) is 3.58. The van der Waals surface area contributed by atoms with E-state index in [1.807, 2.05) is 6.92 Å². The molecule has 1 rings (SSSR count). The lowest BCUT2D eigenvalue weighted by atomic mass is 10.3. The van der Waals surface area contributed by atoms with Crippen molar-refractivity contribution in [2.24, 2.45) is 0 Å². The van der Waals surface area contributed by atoms with E-state index in [1.54, 1.807) is 6.07 Å². The first kappa shape index (κ1) is 8.69. The molecule has 0 aliphatic rings. The van der Waals surface area contributed by atoms with Crippen molar-refractivity contribution in [3.05, 3.63) is 32.3 Å². The Hall–Kier alpha value is -0.400. The Kier molecular flexibility index (Phi) is 2.63. The van der Waals surface area contributed by atoms with Crippen LogP contribution in [0.3, 0.4) is 0 Å². The van der Waals surface area contributed by atoms with Crippen LogP contribution in [-0.4, -0.2) is 4.98 Å². The zero-order valence-corrected chi connectivity index (χ0v) is 8.90. The summed E-state index contributed by atoms with van der Waals surface area (Å²) in [5.74, 6) is 0. The van der Waals surface area contributed by atoms with Gasteiger partial charge in [0.1, 0.15) is 4.60 Å². The van der Waals surface area contributed by atoms with Gasteiger partial charge in [-0.3, -0.25) is 4.98 Å². The van der Waals surface area contributed by atoms with Gasteiger partial charge in [-0.1, -0.05) is 0 Å². The van der Waals surface area contributed by atoms with Gasteiger partial charge in [-0.15, -0.1) is 0 Å². The molecule has 1 heterocycles. The van der Waals surface area contributed by atoms with Gasteiger partial charge in [-0.05, 0) is 44.8 Å². The lowest BCUT2D eigenvalue weighted by Crippen LogP contribution is -1.82. The number of aryl methyl sites for hydroxylation is 1. The molecule has 1 aromatic rings. The maximum atomic E-state index is 6.80. The quantitative estimate of drug-likeness (QED) is 0.524. The molecule has 0 aliphatic carbocycles. The van der Waals surface area contributed by atoms with Crippen molar-refractivity contribution in [1.29, 1.82) is 0 Å². The second-order valence-electron chi connectivity index (χ2n) is 1.98. The summed E-state index contributed by atoms with van der Waals surface area (Å²) in [5.41, 5.74) is 1.33. The first-order valence-electron chi connectivity index (χ1n) is 2.85. The fourth-order valence-electron chi connectivity index (χ4n) is 0.655. The van der Waals surface area contributed by atoms with E-state index < -0.39 is 0 Å². The molecule has 1 aromatic heterocycles. The Morgan fingerprint density at radius 2 is 2.18 bits per heavy atom. The van der Waals surface area contributed by atoms with E-state index in [9.17, 15) is 0 Å². The molecule has 0 saturated heterocycles. The van der Waals surface area contributed by atoms with E-state index in [0.29, 0.717) is 5.69 Å². The number of aromatic nitrogens is 1. The molecule has 2 nitrogen and oxygen atoms in total. The van der Waals surface area contributed by atoms with Gasteiger partial charge in [0.05, 0.1) is 6.57 Å². The zero-order chi connectivity index (χ0) is 8.43. The highest BCUT2D eigenvalue weighted by atomic mass is 79.9. The van der Waals surface area contributed by atoms with E-state index in [1.165, 1.54) is 0 Å². The monoisotopic (exact) mass is 274 g/mol. The topological polar surface area (TPSA) is 17.2 Å². The first-order chi connectivity index (χ1) is 5.15. The van der Waals surface area contributed by atoms with Crippen LogP contribution in [0.1, 0.15) is 5.69 Å². The third kappa shape index (κ3) is 1.79. The summed E-state index contributed by atoms with van der Waals surface area (Å²) < 4.78 is 1.55. The summed E-state index contributed by atoms with van der Waals surface area (Å²) in [6, 6.07) is 1.75. The third-order valence-corrected chi connectivity index (χ3v) is 2.96. The summed E-state index contributed by atoms with van der Waals surface area (Å²) in [6.07, 6.45) is 0. The fourth-order valence-corrected chi connectivity index (χ4v) is 1.34. The molecule has 0 aliphatic heterocycles. The lowest BCUT2D eigenvalue weighted by Gasteiger charge is -1.98. The molecule has 0 fully saturated rings. The van der Waals surface area contributed by atoms with Crippen molar-refractivity contribution in [1.82, 2.24) is 4.98 Å². The molecular weight excluding hydrogens is 272 g/mol. The van der Waals surface area contributed by atoms with Crippen LogP contribution in [-0.2, 0) is 0 Å². The van der Waals surface area contributed by atoms with Crippen molar-refractivity contribution in [3.63, 3.8) is 0 Å². The van der Waals surface area contributed by atoms with Crippen molar-refractivity contribution in [2.75, 3.05) is 0 Å². The summed E-state index contributed by atoms with van der Waals surface area (Å²) in [4.78, 5) is 7.41. The van der Waals surface area contributed by atoms with Crippen LogP contribution in [0.15, 0.2) is 15.1 Å².